The molecule has 1 saturated heterocycles. The van der Waals surface area contributed by atoms with Crippen molar-refractivity contribution in [1.29, 1.82) is 5.26 Å². The van der Waals surface area contributed by atoms with Crippen LogP contribution in [-0.2, 0) is 0 Å². The fourth-order valence-electron chi connectivity index (χ4n) is 2.66. The summed E-state index contributed by atoms with van der Waals surface area (Å²) in [5, 5.41) is 9.08. The van der Waals surface area contributed by atoms with Gasteiger partial charge in [0.15, 0.2) is 0 Å². The Morgan fingerprint density at radius 3 is 2.74 bits per heavy atom. The number of piperidine rings is 1. The first-order chi connectivity index (χ1) is 9.10. The van der Waals surface area contributed by atoms with Gasteiger partial charge < -0.3 is 9.80 Å². The Hall–Kier alpha value is -1.60. The van der Waals surface area contributed by atoms with Crippen molar-refractivity contribution >= 4 is 5.69 Å². The van der Waals surface area contributed by atoms with Crippen LogP contribution in [0.4, 0.5) is 10.1 Å². The quantitative estimate of drug-likeness (QED) is 0.837. The average molecular weight is 261 g/mol. The number of benzene rings is 1. The van der Waals surface area contributed by atoms with Gasteiger partial charge in [-0.25, -0.2) is 4.39 Å². The molecule has 1 aromatic rings. The lowest BCUT2D eigenvalue weighted by Gasteiger charge is -2.32. The van der Waals surface area contributed by atoms with Crippen LogP contribution in [0.25, 0.3) is 0 Å². The highest BCUT2D eigenvalue weighted by Crippen LogP contribution is 2.23. The molecule has 0 amide bonds. The van der Waals surface area contributed by atoms with Crippen LogP contribution in [0.2, 0.25) is 0 Å². The third kappa shape index (κ3) is 3.45. The van der Waals surface area contributed by atoms with Crippen LogP contribution >= 0.6 is 0 Å². The molecule has 0 unspecified atom stereocenters. The summed E-state index contributed by atoms with van der Waals surface area (Å²) < 4.78 is 13.1. The Kier molecular flexibility index (Phi) is 4.39. The summed E-state index contributed by atoms with van der Waals surface area (Å²) in [4.78, 5) is 4.42. The molecular weight excluding hydrogens is 241 g/mol. The number of hydrogen-bond donors (Lipinski definition) is 0. The van der Waals surface area contributed by atoms with Crippen LogP contribution in [0, 0.1) is 23.1 Å². The molecule has 0 radical (unpaired) electrons. The smallest absolute Gasteiger partial charge is 0.124 e. The van der Waals surface area contributed by atoms with E-state index in [1.165, 1.54) is 25.0 Å². The lowest BCUT2D eigenvalue weighted by molar-refractivity contribution is 0.222. The molecule has 3 nitrogen and oxygen atoms in total. The number of halogens is 1. The maximum Gasteiger partial charge on any atom is 0.124 e. The van der Waals surface area contributed by atoms with Gasteiger partial charge in [-0.2, -0.15) is 5.26 Å². The molecule has 0 N–H and O–H groups in total. The molecule has 0 aromatic heterocycles. The van der Waals surface area contributed by atoms with Gasteiger partial charge in [-0.1, -0.05) is 0 Å². The van der Waals surface area contributed by atoms with Crippen LogP contribution < -0.4 is 4.90 Å². The fourth-order valence-corrected chi connectivity index (χ4v) is 2.66. The average Bonchev–Trinajstić information content (AvgIpc) is 2.41. The molecular formula is C15H20FN3. The molecule has 4 heteroatoms. The Balaban J connectivity index is 2.04. The fraction of sp³-hybridized carbons (Fsp3) is 0.533. The minimum absolute atomic E-state index is 0.354. The van der Waals surface area contributed by atoms with Crippen molar-refractivity contribution < 1.29 is 4.39 Å². The maximum absolute atomic E-state index is 13.1. The summed E-state index contributed by atoms with van der Waals surface area (Å²) in [6.07, 6.45) is 2.37. The first-order valence-corrected chi connectivity index (χ1v) is 6.69. The van der Waals surface area contributed by atoms with E-state index >= 15 is 0 Å². The van der Waals surface area contributed by atoms with Gasteiger partial charge in [-0.3, -0.25) is 0 Å². The predicted octanol–water partition coefficient (Wildman–Crippen LogP) is 2.48. The zero-order valence-corrected chi connectivity index (χ0v) is 11.6. The number of nitrogens with zero attached hydrogens (tertiary/aromatic N) is 3. The SMILES string of the molecule is CN1CCC(CN(C)c2ccc(F)cc2C#N)CC1. The largest absolute Gasteiger partial charge is 0.373 e. The summed E-state index contributed by atoms with van der Waals surface area (Å²) in [6.45, 7) is 3.19. The molecule has 0 bridgehead atoms. The second kappa shape index (κ2) is 6.03. The van der Waals surface area contributed by atoms with Gasteiger partial charge in [0.05, 0.1) is 11.3 Å². The van der Waals surface area contributed by atoms with Crippen molar-refractivity contribution in [3.05, 3.63) is 29.6 Å². The highest BCUT2D eigenvalue weighted by atomic mass is 19.1. The van der Waals surface area contributed by atoms with Crippen molar-refractivity contribution in [3.8, 4) is 6.07 Å². The highest BCUT2D eigenvalue weighted by molar-refractivity contribution is 5.58. The first kappa shape index (κ1) is 13.8. The van der Waals surface area contributed by atoms with Crippen LogP contribution in [-0.4, -0.2) is 38.6 Å². The normalized spacial score (nSPS) is 17.2. The topological polar surface area (TPSA) is 30.3 Å². The summed E-state index contributed by atoms with van der Waals surface area (Å²) in [6, 6.07) is 6.49. The second-order valence-corrected chi connectivity index (χ2v) is 5.40. The molecule has 1 fully saturated rings. The van der Waals surface area contributed by atoms with Crippen molar-refractivity contribution in [3.63, 3.8) is 0 Å². The minimum Gasteiger partial charge on any atom is -0.373 e. The van der Waals surface area contributed by atoms with Crippen LogP contribution in [0.1, 0.15) is 18.4 Å². The lowest BCUT2D eigenvalue weighted by atomic mass is 9.96. The molecule has 0 spiro atoms. The molecule has 0 saturated carbocycles. The van der Waals surface area contributed by atoms with Gasteiger partial charge >= 0.3 is 0 Å². The number of hydrogen-bond acceptors (Lipinski definition) is 3. The van der Waals surface area contributed by atoms with Gasteiger partial charge in [0.2, 0.25) is 0 Å². The van der Waals surface area contributed by atoms with E-state index < -0.39 is 0 Å². The molecule has 0 aliphatic carbocycles. The molecule has 1 aliphatic rings. The minimum atomic E-state index is -0.354. The molecule has 0 atom stereocenters. The molecule has 19 heavy (non-hydrogen) atoms. The highest BCUT2D eigenvalue weighted by Gasteiger charge is 2.19. The van der Waals surface area contributed by atoms with E-state index in [0.717, 1.165) is 25.3 Å². The summed E-state index contributed by atoms with van der Waals surface area (Å²) >= 11 is 0. The number of nitriles is 1. The monoisotopic (exact) mass is 261 g/mol. The van der Waals surface area contributed by atoms with Crippen molar-refractivity contribution in [2.45, 2.75) is 12.8 Å². The number of likely N-dealkylation sites (tertiary alicyclic amines) is 1. The van der Waals surface area contributed by atoms with Crippen molar-refractivity contribution in [2.24, 2.45) is 5.92 Å². The summed E-state index contributed by atoms with van der Waals surface area (Å²) in [5.41, 5.74) is 1.23. The predicted molar refractivity (Wildman–Crippen MR) is 74.6 cm³/mol. The van der Waals surface area contributed by atoms with Gasteiger partial charge in [0.1, 0.15) is 11.9 Å². The van der Waals surface area contributed by atoms with E-state index in [4.69, 9.17) is 5.26 Å². The number of rotatable bonds is 3. The van der Waals surface area contributed by atoms with E-state index in [-0.39, 0.29) is 5.82 Å². The second-order valence-electron chi connectivity index (χ2n) is 5.40. The summed E-state index contributed by atoms with van der Waals surface area (Å²) in [7, 11) is 4.13. The Morgan fingerprint density at radius 1 is 1.42 bits per heavy atom. The third-order valence-electron chi connectivity index (χ3n) is 3.86. The Bertz CT molecular complexity index is 473. The Morgan fingerprint density at radius 2 is 2.11 bits per heavy atom. The van der Waals surface area contributed by atoms with E-state index in [1.54, 1.807) is 6.07 Å². The van der Waals surface area contributed by atoms with Crippen molar-refractivity contribution in [2.75, 3.05) is 38.6 Å². The van der Waals surface area contributed by atoms with Crippen LogP contribution in [0.15, 0.2) is 18.2 Å². The first-order valence-electron chi connectivity index (χ1n) is 6.69. The molecule has 102 valence electrons. The molecule has 2 rings (SSSR count). The van der Waals surface area contributed by atoms with E-state index in [1.807, 2.05) is 7.05 Å². The van der Waals surface area contributed by atoms with Gasteiger partial charge in [-0.05, 0) is 57.1 Å². The van der Waals surface area contributed by atoms with Gasteiger partial charge in [-0.15, -0.1) is 0 Å². The number of anilines is 1. The van der Waals surface area contributed by atoms with Crippen LogP contribution in [0.5, 0.6) is 0 Å². The molecule has 1 aromatic carbocycles. The zero-order valence-electron chi connectivity index (χ0n) is 11.6. The van der Waals surface area contributed by atoms with E-state index in [0.29, 0.717) is 11.5 Å². The molecule has 1 aliphatic heterocycles. The third-order valence-corrected chi connectivity index (χ3v) is 3.86. The van der Waals surface area contributed by atoms with Crippen LogP contribution in [0.3, 0.4) is 0 Å². The standard InChI is InChI=1S/C15H20FN3/c1-18-7-5-12(6-8-18)11-19(2)15-4-3-14(16)9-13(15)10-17/h3-4,9,12H,5-8,11H2,1-2H3. The van der Waals surface area contributed by atoms with E-state index in [9.17, 15) is 4.39 Å². The van der Waals surface area contributed by atoms with Crippen molar-refractivity contribution in [1.82, 2.24) is 4.90 Å². The van der Waals surface area contributed by atoms with Gasteiger partial charge in [0.25, 0.3) is 0 Å². The van der Waals surface area contributed by atoms with Gasteiger partial charge in [0, 0.05) is 13.6 Å². The van der Waals surface area contributed by atoms with E-state index in [2.05, 4.69) is 22.9 Å². The molecule has 1 heterocycles. The lowest BCUT2D eigenvalue weighted by Crippen LogP contribution is -2.35. The maximum atomic E-state index is 13.1. The Labute approximate surface area is 114 Å². The zero-order chi connectivity index (χ0) is 13.8. The summed E-state index contributed by atoms with van der Waals surface area (Å²) in [5.74, 6) is 0.297.